The van der Waals surface area contributed by atoms with Crippen LogP contribution in [0.3, 0.4) is 0 Å². The van der Waals surface area contributed by atoms with Crippen LogP contribution in [0.4, 0.5) is 8.78 Å². The Balaban J connectivity index is 1.50. The fourth-order valence-electron chi connectivity index (χ4n) is 3.01. The van der Waals surface area contributed by atoms with E-state index < -0.39 is 17.9 Å². The summed E-state index contributed by atoms with van der Waals surface area (Å²) in [6.45, 7) is 1.86. The number of halogens is 2. The molecule has 0 aromatic carbocycles. The minimum atomic E-state index is -2.80. The predicted octanol–water partition coefficient (Wildman–Crippen LogP) is 3.20. The van der Waals surface area contributed by atoms with E-state index in [2.05, 4.69) is 5.16 Å². The summed E-state index contributed by atoms with van der Waals surface area (Å²) in [6.07, 6.45) is 3.01. The van der Waals surface area contributed by atoms with Gasteiger partial charge in [0.1, 0.15) is 11.3 Å². The Morgan fingerprint density at radius 3 is 2.78 bits per heavy atom. The van der Waals surface area contributed by atoms with Crippen LogP contribution in [0.5, 0.6) is 0 Å². The molecular formula is C16H20F2N2O3. The summed E-state index contributed by atoms with van der Waals surface area (Å²) in [5.41, 5.74) is 0.383. The molecule has 126 valence electrons. The number of oxime groups is 1. The second kappa shape index (κ2) is 5.94. The SMILES string of the molecule is CC(F)(F)CCC(=O)N1CCC2(CC1)CC(c1ccco1)=NO2. The molecule has 1 spiro atoms. The van der Waals surface area contributed by atoms with Crippen LogP contribution in [-0.2, 0) is 9.63 Å². The van der Waals surface area contributed by atoms with Gasteiger partial charge in [0.05, 0.1) is 6.26 Å². The Morgan fingerprint density at radius 2 is 2.17 bits per heavy atom. The van der Waals surface area contributed by atoms with Gasteiger partial charge >= 0.3 is 0 Å². The van der Waals surface area contributed by atoms with Gasteiger partial charge in [-0.1, -0.05) is 5.16 Å². The molecule has 0 unspecified atom stereocenters. The second-order valence-electron chi connectivity index (χ2n) is 6.42. The third-order valence-electron chi connectivity index (χ3n) is 4.45. The van der Waals surface area contributed by atoms with Crippen molar-refractivity contribution in [3.8, 4) is 0 Å². The zero-order chi connectivity index (χ0) is 16.5. The summed E-state index contributed by atoms with van der Waals surface area (Å²) in [5, 5.41) is 4.11. The number of nitrogens with zero attached hydrogens (tertiary/aromatic N) is 2. The maximum atomic E-state index is 12.9. The van der Waals surface area contributed by atoms with Crippen molar-refractivity contribution in [1.29, 1.82) is 0 Å². The number of likely N-dealkylation sites (tertiary alicyclic amines) is 1. The van der Waals surface area contributed by atoms with Gasteiger partial charge in [0.2, 0.25) is 11.8 Å². The Kier molecular flexibility index (Phi) is 4.12. The van der Waals surface area contributed by atoms with Crippen LogP contribution in [0.1, 0.15) is 44.8 Å². The fourth-order valence-corrected chi connectivity index (χ4v) is 3.01. The van der Waals surface area contributed by atoms with Gasteiger partial charge in [-0.15, -0.1) is 0 Å². The van der Waals surface area contributed by atoms with Crippen molar-refractivity contribution in [2.75, 3.05) is 13.1 Å². The smallest absolute Gasteiger partial charge is 0.245 e. The van der Waals surface area contributed by atoms with Crippen LogP contribution in [0.25, 0.3) is 0 Å². The van der Waals surface area contributed by atoms with Crippen molar-refractivity contribution < 1.29 is 22.8 Å². The fraction of sp³-hybridized carbons (Fsp3) is 0.625. The lowest BCUT2D eigenvalue weighted by Gasteiger charge is -2.37. The van der Waals surface area contributed by atoms with Crippen LogP contribution in [0, 0.1) is 0 Å². The molecule has 0 N–H and O–H groups in total. The van der Waals surface area contributed by atoms with Crippen LogP contribution >= 0.6 is 0 Å². The van der Waals surface area contributed by atoms with E-state index in [9.17, 15) is 13.6 Å². The summed E-state index contributed by atoms with van der Waals surface area (Å²) in [7, 11) is 0. The molecule has 7 heteroatoms. The number of carbonyl (C=O) groups is 1. The number of piperidine rings is 1. The van der Waals surface area contributed by atoms with Gasteiger partial charge in [-0.3, -0.25) is 4.79 Å². The van der Waals surface area contributed by atoms with Crippen LogP contribution in [0.15, 0.2) is 28.0 Å². The predicted molar refractivity (Wildman–Crippen MR) is 79.3 cm³/mol. The van der Waals surface area contributed by atoms with Gasteiger partial charge in [0, 0.05) is 45.2 Å². The molecule has 3 heterocycles. The minimum Gasteiger partial charge on any atom is -0.463 e. The Hall–Kier alpha value is -1.92. The molecule has 5 nitrogen and oxygen atoms in total. The number of carbonyl (C=O) groups excluding carboxylic acids is 1. The van der Waals surface area contributed by atoms with E-state index in [-0.39, 0.29) is 12.3 Å². The van der Waals surface area contributed by atoms with Crippen molar-refractivity contribution in [3.63, 3.8) is 0 Å². The lowest BCUT2D eigenvalue weighted by molar-refractivity contribution is -0.138. The third-order valence-corrected chi connectivity index (χ3v) is 4.45. The highest BCUT2D eigenvalue weighted by atomic mass is 19.3. The zero-order valence-corrected chi connectivity index (χ0v) is 13.1. The lowest BCUT2D eigenvalue weighted by Crippen LogP contribution is -2.47. The van der Waals surface area contributed by atoms with Gasteiger partial charge in [-0.05, 0) is 19.1 Å². The van der Waals surface area contributed by atoms with Gasteiger partial charge in [0.25, 0.3) is 0 Å². The summed E-state index contributed by atoms with van der Waals surface area (Å²) in [6, 6.07) is 3.64. The normalized spacial score (nSPS) is 20.5. The van der Waals surface area contributed by atoms with Crippen molar-refractivity contribution in [2.45, 2.75) is 50.6 Å². The van der Waals surface area contributed by atoms with E-state index in [0.717, 1.165) is 12.6 Å². The Morgan fingerprint density at radius 1 is 1.43 bits per heavy atom. The van der Waals surface area contributed by atoms with Gasteiger partial charge in [0.15, 0.2) is 5.76 Å². The first-order chi connectivity index (χ1) is 10.9. The van der Waals surface area contributed by atoms with Gasteiger partial charge in [-0.2, -0.15) is 0 Å². The number of amides is 1. The molecule has 1 saturated heterocycles. The monoisotopic (exact) mass is 326 g/mol. The average Bonchev–Trinajstić information content (AvgIpc) is 3.15. The standard InChI is InChI=1S/C16H20F2N2O3/c1-15(17,18)5-4-14(21)20-8-6-16(7-9-20)11-12(19-23-16)13-3-2-10-22-13/h2-3,10H,4-9,11H2,1H3. The number of rotatable bonds is 4. The maximum absolute atomic E-state index is 12.9. The van der Waals surface area contributed by atoms with Crippen molar-refractivity contribution in [2.24, 2.45) is 5.16 Å². The molecule has 1 amide bonds. The molecule has 0 aliphatic carbocycles. The highest BCUT2D eigenvalue weighted by molar-refractivity contribution is 5.99. The molecule has 0 radical (unpaired) electrons. The summed E-state index contributed by atoms with van der Waals surface area (Å²) >= 11 is 0. The van der Waals surface area contributed by atoms with E-state index in [4.69, 9.17) is 9.25 Å². The highest BCUT2D eigenvalue weighted by Gasteiger charge is 2.43. The van der Waals surface area contributed by atoms with Crippen molar-refractivity contribution in [1.82, 2.24) is 4.90 Å². The molecule has 2 aliphatic heterocycles. The molecule has 1 aromatic rings. The second-order valence-corrected chi connectivity index (χ2v) is 6.42. The van der Waals surface area contributed by atoms with Crippen LogP contribution in [0.2, 0.25) is 0 Å². The Labute approximate surface area is 133 Å². The molecule has 0 atom stereocenters. The highest BCUT2D eigenvalue weighted by Crippen LogP contribution is 2.36. The number of hydrogen-bond acceptors (Lipinski definition) is 4. The molecule has 3 rings (SSSR count). The average molecular weight is 326 g/mol. The van der Waals surface area contributed by atoms with Crippen molar-refractivity contribution >= 4 is 11.6 Å². The van der Waals surface area contributed by atoms with E-state index in [1.807, 2.05) is 6.07 Å². The van der Waals surface area contributed by atoms with E-state index in [1.165, 1.54) is 0 Å². The zero-order valence-electron chi connectivity index (χ0n) is 13.1. The number of furan rings is 1. The maximum Gasteiger partial charge on any atom is 0.245 e. The quantitative estimate of drug-likeness (QED) is 0.854. The van der Waals surface area contributed by atoms with Crippen molar-refractivity contribution in [3.05, 3.63) is 24.2 Å². The first-order valence-corrected chi connectivity index (χ1v) is 7.81. The summed E-state index contributed by atoms with van der Waals surface area (Å²) in [5.74, 6) is -2.32. The minimum absolute atomic E-state index is 0.120. The number of hydrogen-bond donors (Lipinski definition) is 0. The lowest BCUT2D eigenvalue weighted by atomic mass is 9.86. The van der Waals surface area contributed by atoms with Gasteiger partial charge in [-0.25, -0.2) is 8.78 Å². The largest absolute Gasteiger partial charge is 0.463 e. The molecule has 0 bridgehead atoms. The molecule has 0 saturated carbocycles. The van der Waals surface area contributed by atoms with Crippen LogP contribution < -0.4 is 0 Å². The molecule has 23 heavy (non-hydrogen) atoms. The first kappa shape index (κ1) is 16.0. The molecule has 2 aliphatic rings. The Bertz CT molecular complexity index is 585. The number of alkyl halides is 2. The third kappa shape index (κ3) is 3.71. The summed E-state index contributed by atoms with van der Waals surface area (Å²) in [4.78, 5) is 19.3. The van der Waals surface area contributed by atoms with Gasteiger partial charge < -0.3 is 14.2 Å². The van der Waals surface area contributed by atoms with E-state index in [0.29, 0.717) is 38.1 Å². The van der Waals surface area contributed by atoms with E-state index in [1.54, 1.807) is 17.2 Å². The van der Waals surface area contributed by atoms with Crippen LogP contribution in [-0.4, -0.2) is 41.1 Å². The topological polar surface area (TPSA) is 55.0 Å². The summed E-state index contributed by atoms with van der Waals surface area (Å²) < 4.78 is 31.0. The first-order valence-electron chi connectivity index (χ1n) is 7.81. The molecular weight excluding hydrogens is 306 g/mol. The molecule has 1 fully saturated rings. The molecule has 1 aromatic heterocycles. The van der Waals surface area contributed by atoms with E-state index >= 15 is 0 Å².